The SMILES string of the molecule is CC(C)OC(=O)C(C)(C)Oc1cccc(N2CCN(C(=O)c3ccc(Br)cc3)CC2)c1. The Hall–Kier alpha value is -2.54. The van der Waals surface area contributed by atoms with Gasteiger partial charge >= 0.3 is 5.97 Å². The van der Waals surface area contributed by atoms with Crippen molar-refractivity contribution >= 4 is 33.5 Å². The van der Waals surface area contributed by atoms with Gasteiger partial charge in [0.25, 0.3) is 5.91 Å². The Labute approximate surface area is 192 Å². The maximum atomic E-state index is 12.7. The van der Waals surface area contributed by atoms with Gasteiger partial charge in [0.1, 0.15) is 5.75 Å². The standard InChI is InChI=1S/C24H29BrN2O4/c1-17(2)30-23(29)24(3,4)31-21-7-5-6-20(16-21)26-12-14-27(15-13-26)22(28)18-8-10-19(25)11-9-18/h5-11,16-17H,12-15H2,1-4H3. The van der Waals surface area contributed by atoms with Crippen LogP contribution in [0.25, 0.3) is 0 Å². The normalized spacial score (nSPS) is 14.5. The van der Waals surface area contributed by atoms with E-state index in [9.17, 15) is 9.59 Å². The Morgan fingerprint density at radius 2 is 1.65 bits per heavy atom. The number of halogens is 1. The minimum atomic E-state index is -1.08. The third kappa shape index (κ3) is 6.00. The number of anilines is 1. The molecule has 0 aromatic heterocycles. The monoisotopic (exact) mass is 488 g/mol. The average molecular weight is 489 g/mol. The van der Waals surface area contributed by atoms with Gasteiger partial charge in [0.2, 0.25) is 0 Å². The zero-order valence-corrected chi connectivity index (χ0v) is 20.0. The predicted octanol–water partition coefficient (Wildman–Crippen LogP) is 4.52. The van der Waals surface area contributed by atoms with E-state index >= 15 is 0 Å². The second-order valence-corrected chi connectivity index (χ2v) is 9.27. The number of rotatable bonds is 6. The predicted molar refractivity (Wildman–Crippen MR) is 125 cm³/mol. The molecule has 0 atom stereocenters. The van der Waals surface area contributed by atoms with Crippen LogP contribution < -0.4 is 9.64 Å². The quantitative estimate of drug-likeness (QED) is 0.559. The fourth-order valence-electron chi connectivity index (χ4n) is 3.38. The van der Waals surface area contributed by atoms with Crippen LogP contribution >= 0.6 is 15.9 Å². The minimum Gasteiger partial charge on any atom is -0.476 e. The summed E-state index contributed by atoms with van der Waals surface area (Å²) in [5, 5.41) is 0. The zero-order chi connectivity index (χ0) is 22.6. The van der Waals surface area contributed by atoms with Gasteiger partial charge in [-0.2, -0.15) is 0 Å². The Kier molecular flexibility index (Phi) is 7.26. The van der Waals surface area contributed by atoms with Crippen LogP contribution in [0.15, 0.2) is 53.0 Å². The van der Waals surface area contributed by atoms with Crippen molar-refractivity contribution in [2.45, 2.75) is 39.4 Å². The third-order valence-corrected chi connectivity index (χ3v) is 5.58. The van der Waals surface area contributed by atoms with Crippen molar-refractivity contribution in [3.8, 4) is 5.75 Å². The Morgan fingerprint density at radius 3 is 2.26 bits per heavy atom. The molecule has 0 unspecified atom stereocenters. The number of hydrogen-bond acceptors (Lipinski definition) is 5. The lowest BCUT2D eigenvalue weighted by molar-refractivity contribution is -0.163. The summed E-state index contributed by atoms with van der Waals surface area (Å²) in [5.74, 6) is 0.263. The number of esters is 1. The fourth-order valence-corrected chi connectivity index (χ4v) is 3.64. The van der Waals surface area contributed by atoms with E-state index in [0.29, 0.717) is 24.4 Å². The largest absolute Gasteiger partial charge is 0.476 e. The van der Waals surface area contributed by atoms with E-state index in [-0.39, 0.29) is 12.0 Å². The highest BCUT2D eigenvalue weighted by Gasteiger charge is 2.32. The van der Waals surface area contributed by atoms with Crippen LogP contribution in [-0.2, 0) is 9.53 Å². The van der Waals surface area contributed by atoms with E-state index in [4.69, 9.17) is 9.47 Å². The van der Waals surface area contributed by atoms with Crippen LogP contribution in [0, 0.1) is 0 Å². The van der Waals surface area contributed by atoms with E-state index in [2.05, 4.69) is 20.8 Å². The lowest BCUT2D eigenvalue weighted by Gasteiger charge is -2.36. The van der Waals surface area contributed by atoms with E-state index in [1.807, 2.05) is 67.3 Å². The molecule has 7 heteroatoms. The van der Waals surface area contributed by atoms with Crippen LogP contribution in [-0.4, -0.2) is 54.7 Å². The van der Waals surface area contributed by atoms with Crippen molar-refractivity contribution in [2.24, 2.45) is 0 Å². The van der Waals surface area contributed by atoms with Gasteiger partial charge in [-0.25, -0.2) is 4.79 Å². The van der Waals surface area contributed by atoms with E-state index in [0.717, 1.165) is 23.2 Å². The minimum absolute atomic E-state index is 0.0506. The molecular weight excluding hydrogens is 460 g/mol. The summed E-state index contributed by atoms with van der Waals surface area (Å²) >= 11 is 3.40. The molecule has 6 nitrogen and oxygen atoms in total. The Morgan fingerprint density at radius 1 is 1.00 bits per heavy atom. The van der Waals surface area contributed by atoms with Gasteiger partial charge in [-0.3, -0.25) is 4.79 Å². The van der Waals surface area contributed by atoms with Gasteiger partial charge in [-0.15, -0.1) is 0 Å². The highest BCUT2D eigenvalue weighted by molar-refractivity contribution is 9.10. The molecule has 1 amide bonds. The van der Waals surface area contributed by atoms with Crippen molar-refractivity contribution in [1.82, 2.24) is 4.90 Å². The summed E-state index contributed by atoms with van der Waals surface area (Å²) in [4.78, 5) is 29.1. The zero-order valence-electron chi connectivity index (χ0n) is 18.4. The summed E-state index contributed by atoms with van der Waals surface area (Å²) in [5.41, 5.74) is 0.613. The topological polar surface area (TPSA) is 59.1 Å². The molecule has 166 valence electrons. The van der Waals surface area contributed by atoms with Crippen LogP contribution in [0.4, 0.5) is 5.69 Å². The number of carbonyl (C=O) groups is 2. The maximum absolute atomic E-state index is 12.7. The lowest BCUT2D eigenvalue weighted by atomic mass is 10.1. The van der Waals surface area contributed by atoms with Crippen LogP contribution in [0.5, 0.6) is 5.75 Å². The molecule has 0 N–H and O–H groups in total. The first-order valence-electron chi connectivity index (χ1n) is 10.5. The van der Waals surface area contributed by atoms with Gasteiger partial charge in [0, 0.05) is 48.0 Å². The van der Waals surface area contributed by atoms with Gasteiger partial charge in [-0.05, 0) is 64.1 Å². The van der Waals surface area contributed by atoms with Crippen molar-refractivity contribution in [2.75, 3.05) is 31.1 Å². The van der Waals surface area contributed by atoms with Crippen LogP contribution in [0.3, 0.4) is 0 Å². The molecule has 0 radical (unpaired) electrons. The van der Waals surface area contributed by atoms with Crippen LogP contribution in [0.1, 0.15) is 38.1 Å². The van der Waals surface area contributed by atoms with Gasteiger partial charge in [-0.1, -0.05) is 22.0 Å². The van der Waals surface area contributed by atoms with Crippen molar-refractivity contribution in [3.63, 3.8) is 0 Å². The molecule has 1 fully saturated rings. The molecule has 2 aromatic carbocycles. The molecule has 0 spiro atoms. The van der Waals surface area contributed by atoms with Crippen molar-refractivity contribution in [3.05, 3.63) is 58.6 Å². The molecule has 1 heterocycles. The Bertz CT molecular complexity index is 919. The molecule has 2 aromatic rings. The van der Waals surface area contributed by atoms with E-state index in [1.165, 1.54) is 0 Å². The molecule has 1 aliphatic heterocycles. The highest BCUT2D eigenvalue weighted by atomic mass is 79.9. The molecule has 0 saturated carbocycles. The number of benzene rings is 2. The number of piperazine rings is 1. The molecule has 31 heavy (non-hydrogen) atoms. The van der Waals surface area contributed by atoms with Gasteiger partial charge in [0.15, 0.2) is 5.60 Å². The van der Waals surface area contributed by atoms with E-state index in [1.54, 1.807) is 13.8 Å². The van der Waals surface area contributed by atoms with E-state index < -0.39 is 11.6 Å². The first-order valence-corrected chi connectivity index (χ1v) is 11.2. The van der Waals surface area contributed by atoms with Gasteiger partial charge < -0.3 is 19.3 Å². The van der Waals surface area contributed by atoms with Crippen molar-refractivity contribution < 1.29 is 19.1 Å². The lowest BCUT2D eigenvalue weighted by Crippen LogP contribution is -2.48. The molecule has 0 bridgehead atoms. The number of amides is 1. The second-order valence-electron chi connectivity index (χ2n) is 8.35. The molecule has 1 saturated heterocycles. The first kappa shape index (κ1) is 23.1. The number of carbonyl (C=O) groups excluding carboxylic acids is 2. The van der Waals surface area contributed by atoms with Crippen molar-refractivity contribution in [1.29, 1.82) is 0 Å². The number of ether oxygens (including phenoxy) is 2. The molecule has 1 aliphatic rings. The molecule has 0 aliphatic carbocycles. The summed E-state index contributed by atoms with van der Waals surface area (Å²) in [6.45, 7) is 9.78. The highest BCUT2D eigenvalue weighted by Crippen LogP contribution is 2.26. The summed E-state index contributed by atoms with van der Waals surface area (Å²) in [7, 11) is 0. The van der Waals surface area contributed by atoms with Gasteiger partial charge in [0.05, 0.1) is 6.10 Å². The first-order chi connectivity index (χ1) is 14.7. The summed E-state index contributed by atoms with van der Waals surface area (Å²) in [6, 6.07) is 15.1. The average Bonchev–Trinajstić information content (AvgIpc) is 2.73. The Balaban J connectivity index is 1.61. The number of hydrogen-bond donors (Lipinski definition) is 0. The maximum Gasteiger partial charge on any atom is 0.350 e. The number of nitrogens with zero attached hydrogens (tertiary/aromatic N) is 2. The second kappa shape index (κ2) is 9.73. The molecule has 3 rings (SSSR count). The fraction of sp³-hybridized carbons (Fsp3) is 0.417. The molecular formula is C24H29BrN2O4. The summed E-state index contributed by atoms with van der Waals surface area (Å²) in [6.07, 6.45) is -0.196. The third-order valence-electron chi connectivity index (χ3n) is 5.05. The summed E-state index contributed by atoms with van der Waals surface area (Å²) < 4.78 is 12.2. The smallest absolute Gasteiger partial charge is 0.350 e. The van der Waals surface area contributed by atoms with Crippen LogP contribution in [0.2, 0.25) is 0 Å².